The van der Waals surface area contributed by atoms with Gasteiger partial charge in [-0.15, -0.1) is 0 Å². The zero-order valence-corrected chi connectivity index (χ0v) is 17.4. The summed E-state index contributed by atoms with van der Waals surface area (Å²) in [6.07, 6.45) is 1.56. The molecule has 0 bridgehead atoms. The molecule has 6 heteroatoms. The van der Waals surface area contributed by atoms with Gasteiger partial charge in [-0.05, 0) is 47.7 Å². The summed E-state index contributed by atoms with van der Waals surface area (Å²) in [4.78, 5) is 21.4. The highest BCUT2D eigenvalue weighted by molar-refractivity contribution is 6.03. The van der Waals surface area contributed by atoms with Gasteiger partial charge in [-0.1, -0.05) is 45.0 Å². The lowest BCUT2D eigenvalue weighted by Crippen LogP contribution is -2.19. The van der Waals surface area contributed by atoms with E-state index in [-0.39, 0.29) is 17.0 Å². The minimum atomic E-state index is -0.289. The van der Waals surface area contributed by atoms with Crippen LogP contribution in [0, 0.1) is 6.92 Å². The number of carbonyl (C=O) groups is 1. The van der Waals surface area contributed by atoms with E-state index in [0.29, 0.717) is 11.7 Å². The minimum absolute atomic E-state index is 0.0933. The van der Waals surface area contributed by atoms with E-state index in [2.05, 4.69) is 41.4 Å². The number of nitrogens with one attached hydrogen (secondary N) is 2. The van der Waals surface area contributed by atoms with Crippen molar-refractivity contribution in [2.75, 3.05) is 17.7 Å². The predicted molar refractivity (Wildman–Crippen MR) is 116 cm³/mol. The van der Waals surface area contributed by atoms with E-state index in [0.717, 1.165) is 22.5 Å². The average molecular weight is 390 g/mol. The molecule has 0 unspecified atom stereocenters. The van der Waals surface area contributed by atoms with Crippen LogP contribution in [-0.2, 0) is 5.41 Å². The molecule has 0 aliphatic rings. The lowest BCUT2D eigenvalue weighted by atomic mass is 9.86. The molecule has 0 aliphatic heterocycles. The monoisotopic (exact) mass is 390 g/mol. The van der Waals surface area contributed by atoms with Gasteiger partial charge in [0.15, 0.2) is 0 Å². The molecule has 2 aromatic carbocycles. The molecule has 0 atom stereocenters. The summed E-state index contributed by atoms with van der Waals surface area (Å²) < 4.78 is 5.38. The first-order valence-corrected chi connectivity index (χ1v) is 9.43. The van der Waals surface area contributed by atoms with Gasteiger partial charge in [-0.3, -0.25) is 4.79 Å². The molecule has 1 amide bonds. The maximum Gasteiger partial charge on any atom is 0.274 e. The van der Waals surface area contributed by atoms with Crippen molar-refractivity contribution < 1.29 is 9.53 Å². The number of aryl methyl sites for hydroxylation is 1. The smallest absolute Gasteiger partial charge is 0.274 e. The summed E-state index contributed by atoms with van der Waals surface area (Å²) in [6.45, 7) is 8.32. The molecule has 1 aromatic heterocycles. The molecule has 150 valence electrons. The lowest BCUT2D eigenvalue weighted by Gasteiger charge is -2.22. The minimum Gasteiger partial charge on any atom is -0.495 e. The van der Waals surface area contributed by atoms with Crippen LogP contribution in [0.1, 0.15) is 42.4 Å². The SMILES string of the molecule is COc1ccc(C)cc1Nc1nccc(C(=O)Nc2ccccc2C(C)(C)C)n1. The van der Waals surface area contributed by atoms with Crippen molar-refractivity contribution in [1.82, 2.24) is 9.97 Å². The number of methoxy groups -OCH3 is 1. The molecule has 6 nitrogen and oxygen atoms in total. The predicted octanol–water partition coefficient (Wildman–Crippen LogP) is 5.09. The van der Waals surface area contributed by atoms with E-state index in [1.54, 1.807) is 19.4 Å². The van der Waals surface area contributed by atoms with Crippen LogP contribution in [0.4, 0.5) is 17.3 Å². The Morgan fingerprint density at radius 2 is 1.79 bits per heavy atom. The first-order chi connectivity index (χ1) is 13.8. The van der Waals surface area contributed by atoms with Crippen LogP contribution in [-0.4, -0.2) is 23.0 Å². The second-order valence-corrected chi connectivity index (χ2v) is 7.84. The van der Waals surface area contributed by atoms with E-state index in [1.165, 1.54) is 0 Å². The number of rotatable bonds is 5. The standard InChI is InChI=1S/C23H26N4O2/c1-15-10-11-20(29-5)19(14-15)27-22-24-13-12-18(26-22)21(28)25-17-9-7-6-8-16(17)23(2,3)4/h6-14H,1-5H3,(H,25,28)(H,24,26,27). The number of benzene rings is 2. The number of aromatic nitrogens is 2. The average Bonchev–Trinajstić information content (AvgIpc) is 2.68. The van der Waals surface area contributed by atoms with Crippen molar-refractivity contribution in [1.29, 1.82) is 0 Å². The van der Waals surface area contributed by atoms with Crippen LogP contribution >= 0.6 is 0 Å². The maximum atomic E-state index is 12.8. The van der Waals surface area contributed by atoms with E-state index in [1.807, 2.05) is 49.4 Å². The number of ether oxygens (including phenoxy) is 1. The highest BCUT2D eigenvalue weighted by Crippen LogP contribution is 2.30. The van der Waals surface area contributed by atoms with Crippen LogP contribution in [0.15, 0.2) is 54.7 Å². The number of anilines is 3. The molecule has 0 aliphatic carbocycles. The zero-order chi connectivity index (χ0) is 21.0. The van der Waals surface area contributed by atoms with E-state index in [9.17, 15) is 4.79 Å². The zero-order valence-electron chi connectivity index (χ0n) is 17.4. The Morgan fingerprint density at radius 3 is 2.52 bits per heavy atom. The number of carbonyl (C=O) groups excluding carboxylic acids is 1. The molecule has 0 radical (unpaired) electrons. The normalized spacial score (nSPS) is 11.1. The van der Waals surface area contributed by atoms with Crippen molar-refractivity contribution in [3.8, 4) is 5.75 Å². The molecule has 2 N–H and O–H groups in total. The third-order valence-electron chi connectivity index (χ3n) is 4.47. The van der Waals surface area contributed by atoms with Gasteiger partial charge in [0.1, 0.15) is 11.4 Å². The number of para-hydroxylation sites is 1. The Morgan fingerprint density at radius 1 is 1.03 bits per heavy atom. The van der Waals surface area contributed by atoms with Crippen molar-refractivity contribution in [3.05, 3.63) is 71.5 Å². The quantitative estimate of drug-likeness (QED) is 0.635. The molecule has 0 saturated heterocycles. The number of hydrogen-bond acceptors (Lipinski definition) is 5. The Kier molecular flexibility index (Phi) is 5.82. The van der Waals surface area contributed by atoms with Crippen molar-refractivity contribution in [2.24, 2.45) is 0 Å². The molecule has 0 saturated carbocycles. The molecule has 29 heavy (non-hydrogen) atoms. The van der Waals surface area contributed by atoms with Gasteiger partial charge >= 0.3 is 0 Å². The summed E-state index contributed by atoms with van der Waals surface area (Å²) in [5.41, 5.74) is 3.83. The van der Waals surface area contributed by atoms with Crippen LogP contribution in [0.2, 0.25) is 0 Å². The molecule has 1 heterocycles. The maximum absolute atomic E-state index is 12.8. The summed E-state index contributed by atoms with van der Waals surface area (Å²) in [5, 5.41) is 6.11. The van der Waals surface area contributed by atoms with E-state index >= 15 is 0 Å². The Labute approximate surface area is 171 Å². The van der Waals surface area contributed by atoms with Crippen molar-refractivity contribution >= 4 is 23.2 Å². The van der Waals surface area contributed by atoms with Gasteiger partial charge in [0.25, 0.3) is 5.91 Å². The Hall–Kier alpha value is -3.41. The molecule has 3 rings (SSSR count). The Bertz CT molecular complexity index is 1030. The van der Waals surface area contributed by atoms with Crippen LogP contribution in [0.25, 0.3) is 0 Å². The third kappa shape index (κ3) is 4.90. The number of hydrogen-bond donors (Lipinski definition) is 2. The fourth-order valence-corrected chi connectivity index (χ4v) is 3.02. The first-order valence-electron chi connectivity index (χ1n) is 9.43. The third-order valence-corrected chi connectivity index (χ3v) is 4.47. The van der Waals surface area contributed by atoms with Crippen LogP contribution in [0.3, 0.4) is 0 Å². The highest BCUT2D eigenvalue weighted by Gasteiger charge is 2.19. The molecule has 0 spiro atoms. The van der Waals surface area contributed by atoms with Gasteiger partial charge in [0.05, 0.1) is 12.8 Å². The summed E-state index contributed by atoms with van der Waals surface area (Å²) in [7, 11) is 1.60. The second kappa shape index (κ2) is 8.31. The summed E-state index contributed by atoms with van der Waals surface area (Å²) in [5.74, 6) is 0.710. The summed E-state index contributed by atoms with van der Waals surface area (Å²) in [6, 6.07) is 15.2. The van der Waals surface area contributed by atoms with E-state index < -0.39 is 0 Å². The van der Waals surface area contributed by atoms with Gasteiger partial charge < -0.3 is 15.4 Å². The van der Waals surface area contributed by atoms with Crippen LogP contribution < -0.4 is 15.4 Å². The van der Waals surface area contributed by atoms with Gasteiger partial charge in [0, 0.05) is 11.9 Å². The van der Waals surface area contributed by atoms with Crippen molar-refractivity contribution in [2.45, 2.75) is 33.1 Å². The topological polar surface area (TPSA) is 76.1 Å². The number of nitrogens with zero attached hydrogens (tertiary/aromatic N) is 2. The lowest BCUT2D eigenvalue weighted by molar-refractivity contribution is 0.102. The van der Waals surface area contributed by atoms with Gasteiger partial charge in [0.2, 0.25) is 5.95 Å². The van der Waals surface area contributed by atoms with Gasteiger partial charge in [-0.2, -0.15) is 0 Å². The highest BCUT2D eigenvalue weighted by atomic mass is 16.5. The fraction of sp³-hybridized carbons (Fsp3) is 0.261. The number of amides is 1. The summed E-state index contributed by atoms with van der Waals surface area (Å²) >= 11 is 0. The largest absolute Gasteiger partial charge is 0.495 e. The molecular formula is C23H26N4O2. The van der Waals surface area contributed by atoms with Crippen LogP contribution in [0.5, 0.6) is 5.75 Å². The second-order valence-electron chi connectivity index (χ2n) is 7.84. The van der Waals surface area contributed by atoms with Gasteiger partial charge in [-0.25, -0.2) is 9.97 Å². The molecule has 0 fully saturated rings. The molecular weight excluding hydrogens is 364 g/mol. The fourth-order valence-electron chi connectivity index (χ4n) is 3.02. The molecule has 3 aromatic rings. The first kappa shape index (κ1) is 20.3. The van der Waals surface area contributed by atoms with E-state index in [4.69, 9.17) is 4.74 Å². The Balaban J connectivity index is 1.84. The van der Waals surface area contributed by atoms with Crippen molar-refractivity contribution in [3.63, 3.8) is 0 Å².